The van der Waals surface area contributed by atoms with E-state index in [1.54, 1.807) is 12.1 Å². The highest BCUT2D eigenvalue weighted by molar-refractivity contribution is 7.85. The predicted octanol–water partition coefficient (Wildman–Crippen LogP) is 5.51. The molecule has 0 heterocycles. The summed E-state index contributed by atoms with van der Waals surface area (Å²) in [6.07, 6.45) is 2.30. The molecule has 0 radical (unpaired) electrons. The van der Waals surface area contributed by atoms with E-state index in [9.17, 15) is 9.32 Å². The number of nitrogens with one attached hydrogen (secondary N) is 1. The number of rotatable bonds is 7. The number of hydrogen-bond acceptors (Lipinski definition) is 3. The summed E-state index contributed by atoms with van der Waals surface area (Å²) < 4.78 is 13.2. The van der Waals surface area contributed by atoms with Crippen molar-refractivity contribution < 1.29 is 9.32 Å². The molecule has 0 amide bonds. The summed E-state index contributed by atoms with van der Waals surface area (Å²) in [6.45, 7) is 11.2. The number of phenols is 1. The molecule has 0 aliphatic heterocycles. The van der Waals surface area contributed by atoms with Gasteiger partial charge in [0.25, 0.3) is 0 Å². The Bertz CT molecular complexity index is 745. The largest absolute Gasteiger partial charge is 0.508 e. The zero-order valence-corrected chi connectivity index (χ0v) is 16.7. The number of aryl methyl sites for hydroxylation is 2. The zero-order valence-electron chi connectivity index (χ0n) is 15.8. The van der Waals surface area contributed by atoms with Crippen molar-refractivity contribution in [1.29, 1.82) is 0 Å². The highest BCUT2D eigenvalue weighted by Gasteiger charge is 2.16. The van der Waals surface area contributed by atoms with E-state index in [2.05, 4.69) is 24.4 Å². The Labute approximate surface area is 153 Å². The third-order valence-corrected chi connectivity index (χ3v) is 6.04. The molecule has 0 bridgehead atoms. The monoisotopic (exact) mass is 359 g/mol. The van der Waals surface area contributed by atoms with E-state index < -0.39 is 10.8 Å². The van der Waals surface area contributed by atoms with Crippen LogP contribution in [0.4, 0.5) is 5.69 Å². The van der Waals surface area contributed by atoms with Gasteiger partial charge in [0, 0.05) is 22.0 Å². The summed E-state index contributed by atoms with van der Waals surface area (Å²) in [6, 6.07) is 9.40. The molecule has 2 rings (SSSR count). The molecule has 1 atom stereocenters. The average Bonchev–Trinajstić information content (AvgIpc) is 2.54. The van der Waals surface area contributed by atoms with Gasteiger partial charge >= 0.3 is 0 Å². The first kappa shape index (κ1) is 19.5. The van der Waals surface area contributed by atoms with E-state index in [0.29, 0.717) is 0 Å². The van der Waals surface area contributed by atoms with Crippen molar-refractivity contribution in [3.63, 3.8) is 0 Å². The minimum Gasteiger partial charge on any atom is -0.508 e. The second-order valence-electron chi connectivity index (χ2n) is 6.86. The van der Waals surface area contributed by atoms with Crippen LogP contribution in [0.3, 0.4) is 0 Å². The fraction of sp³-hybridized carbons (Fsp3) is 0.429. The first-order valence-electron chi connectivity index (χ1n) is 8.95. The maximum atomic E-state index is 13.2. The van der Waals surface area contributed by atoms with Crippen molar-refractivity contribution in [3.8, 4) is 5.75 Å². The van der Waals surface area contributed by atoms with E-state index >= 15 is 0 Å². The van der Waals surface area contributed by atoms with Crippen LogP contribution in [0.15, 0.2) is 40.1 Å². The Morgan fingerprint density at radius 2 is 1.76 bits per heavy atom. The van der Waals surface area contributed by atoms with Gasteiger partial charge in [-0.1, -0.05) is 27.2 Å². The van der Waals surface area contributed by atoms with Gasteiger partial charge in [-0.3, -0.25) is 0 Å². The van der Waals surface area contributed by atoms with Crippen LogP contribution in [-0.4, -0.2) is 15.9 Å². The van der Waals surface area contributed by atoms with Gasteiger partial charge in [-0.2, -0.15) is 0 Å². The lowest BCUT2D eigenvalue weighted by molar-refractivity contribution is 0.464. The fourth-order valence-corrected chi connectivity index (χ4v) is 4.35. The molecule has 3 nitrogen and oxygen atoms in total. The topological polar surface area (TPSA) is 49.3 Å². The molecular weight excluding hydrogens is 330 g/mol. The van der Waals surface area contributed by atoms with Gasteiger partial charge in [0.15, 0.2) is 0 Å². The molecule has 136 valence electrons. The minimum absolute atomic E-state index is 0.185. The van der Waals surface area contributed by atoms with Crippen molar-refractivity contribution in [2.75, 3.05) is 11.9 Å². The van der Waals surface area contributed by atoms with Gasteiger partial charge in [-0.15, -0.1) is 0 Å². The average molecular weight is 360 g/mol. The quantitative estimate of drug-likeness (QED) is 0.641. The highest BCUT2D eigenvalue weighted by atomic mass is 32.2. The fourth-order valence-electron chi connectivity index (χ4n) is 2.98. The van der Waals surface area contributed by atoms with Crippen molar-refractivity contribution >= 4 is 16.5 Å². The number of phenolic OH excluding ortho intramolecular Hbond substituents is 1. The molecule has 0 saturated heterocycles. The lowest BCUT2D eigenvalue weighted by atomic mass is 10.0. The Kier molecular flexibility index (Phi) is 6.65. The van der Waals surface area contributed by atoms with Gasteiger partial charge in [0.2, 0.25) is 0 Å². The van der Waals surface area contributed by atoms with Gasteiger partial charge in [-0.25, -0.2) is 4.21 Å². The lowest BCUT2D eigenvalue weighted by Crippen LogP contribution is -2.05. The first-order chi connectivity index (χ1) is 11.8. The van der Waals surface area contributed by atoms with Crippen LogP contribution in [-0.2, 0) is 10.8 Å². The van der Waals surface area contributed by atoms with Crippen molar-refractivity contribution in [3.05, 3.63) is 47.0 Å². The van der Waals surface area contributed by atoms with Crippen LogP contribution in [0.1, 0.15) is 56.2 Å². The second-order valence-corrected chi connectivity index (χ2v) is 8.28. The third kappa shape index (κ3) is 4.63. The number of unbranched alkanes of at least 4 members (excludes halogenated alkanes) is 1. The van der Waals surface area contributed by atoms with E-state index in [-0.39, 0.29) is 11.7 Å². The summed E-state index contributed by atoms with van der Waals surface area (Å²) in [7, 11) is -1.26. The maximum Gasteiger partial charge on any atom is 0.119 e. The molecule has 2 N–H and O–H groups in total. The molecule has 0 aliphatic carbocycles. The van der Waals surface area contributed by atoms with Crippen LogP contribution in [0.5, 0.6) is 5.75 Å². The van der Waals surface area contributed by atoms with E-state index in [4.69, 9.17) is 0 Å². The molecule has 0 aliphatic rings. The highest BCUT2D eigenvalue weighted by Crippen LogP contribution is 2.31. The summed E-state index contributed by atoms with van der Waals surface area (Å²) in [4.78, 5) is 1.60. The Morgan fingerprint density at radius 3 is 2.32 bits per heavy atom. The molecule has 0 saturated carbocycles. The number of hydrogen-bond donors (Lipinski definition) is 2. The molecule has 0 aromatic heterocycles. The molecule has 0 spiro atoms. The SMILES string of the molecule is CCCCNc1cc(C)c(S(=O)c2ccc(O)c(C(C)C)c2)c(C)c1. The van der Waals surface area contributed by atoms with Crippen molar-refractivity contribution in [2.24, 2.45) is 0 Å². The molecular formula is C21H29NO2S. The second kappa shape index (κ2) is 8.52. The van der Waals surface area contributed by atoms with Crippen molar-refractivity contribution in [1.82, 2.24) is 0 Å². The van der Waals surface area contributed by atoms with E-state index in [1.165, 1.54) is 0 Å². The summed E-state index contributed by atoms with van der Waals surface area (Å²) in [5, 5.41) is 13.4. The third-order valence-electron chi connectivity index (χ3n) is 4.34. The maximum absolute atomic E-state index is 13.2. The number of aromatic hydroxyl groups is 1. The van der Waals surface area contributed by atoms with Gasteiger partial charge < -0.3 is 10.4 Å². The standard InChI is InChI=1S/C21H29NO2S/c1-6-7-10-22-17-11-15(4)21(16(5)12-17)25(24)18-8-9-20(23)19(13-18)14(2)3/h8-9,11-14,22-23H,6-7,10H2,1-5H3. The molecule has 25 heavy (non-hydrogen) atoms. The van der Waals surface area contributed by atoms with Crippen LogP contribution >= 0.6 is 0 Å². The van der Waals surface area contributed by atoms with Crippen LogP contribution in [0, 0.1) is 13.8 Å². The Morgan fingerprint density at radius 1 is 1.12 bits per heavy atom. The summed E-state index contributed by atoms with van der Waals surface area (Å²) >= 11 is 0. The van der Waals surface area contributed by atoms with E-state index in [0.717, 1.165) is 51.6 Å². The van der Waals surface area contributed by atoms with Crippen LogP contribution in [0.25, 0.3) is 0 Å². The summed E-state index contributed by atoms with van der Waals surface area (Å²) in [5.74, 6) is 0.448. The smallest absolute Gasteiger partial charge is 0.119 e. The van der Waals surface area contributed by atoms with Crippen molar-refractivity contribution in [2.45, 2.75) is 63.2 Å². The van der Waals surface area contributed by atoms with Gasteiger partial charge in [-0.05, 0) is 73.2 Å². The zero-order chi connectivity index (χ0) is 18.6. The molecule has 2 aromatic rings. The number of anilines is 1. The summed E-state index contributed by atoms with van der Waals surface area (Å²) in [5.41, 5.74) is 3.96. The lowest BCUT2D eigenvalue weighted by Gasteiger charge is -2.15. The molecule has 1 unspecified atom stereocenters. The Hall–Kier alpha value is -1.81. The molecule has 0 fully saturated rings. The van der Waals surface area contributed by atoms with Crippen LogP contribution in [0.2, 0.25) is 0 Å². The normalized spacial score (nSPS) is 12.4. The van der Waals surface area contributed by atoms with Crippen LogP contribution < -0.4 is 5.32 Å². The Balaban J connectivity index is 2.35. The molecule has 2 aromatic carbocycles. The minimum atomic E-state index is -1.26. The first-order valence-corrected chi connectivity index (χ1v) is 10.1. The van der Waals surface area contributed by atoms with Gasteiger partial charge in [0.05, 0.1) is 10.8 Å². The van der Waals surface area contributed by atoms with Gasteiger partial charge in [0.1, 0.15) is 5.75 Å². The van der Waals surface area contributed by atoms with E-state index in [1.807, 2.05) is 33.8 Å². The number of benzene rings is 2. The predicted molar refractivity (Wildman–Crippen MR) is 106 cm³/mol. The molecule has 4 heteroatoms.